The smallest absolute Gasteiger partial charge is 0.229 e. The molecule has 1 aromatic carbocycles. The van der Waals surface area contributed by atoms with E-state index in [1.165, 1.54) is 25.3 Å². The Hall–Kier alpha value is -1.38. The van der Waals surface area contributed by atoms with Crippen LogP contribution in [0.2, 0.25) is 0 Å². The molecule has 1 heterocycles. The summed E-state index contributed by atoms with van der Waals surface area (Å²) in [4.78, 5) is 15.6. The third-order valence-corrected chi connectivity index (χ3v) is 7.27. The van der Waals surface area contributed by atoms with Crippen LogP contribution in [0.5, 0.6) is 0 Å². The molecule has 4 saturated carbocycles. The summed E-state index contributed by atoms with van der Waals surface area (Å²) < 4.78 is 14.3. The predicted octanol–water partition coefficient (Wildman–Crippen LogP) is 4.71. The van der Waals surface area contributed by atoms with Gasteiger partial charge in [-0.15, -0.1) is 0 Å². The second-order valence-electron chi connectivity index (χ2n) is 8.88. The summed E-state index contributed by atoms with van der Waals surface area (Å²) in [5, 5.41) is 0. The third-order valence-electron chi connectivity index (χ3n) is 7.27. The van der Waals surface area contributed by atoms with E-state index >= 15 is 0 Å². The molecule has 24 heavy (non-hydrogen) atoms. The molecule has 0 radical (unpaired) electrons. The summed E-state index contributed by atoms with van der Waals surface area (Å²) in [5.41, 5.74) is 0.607. The molecular weight excluding hydrogens is 301 g/mol. The molecule has 0 unspecified atom stereocenters. The van der Waals surface area contributed by atoms with E-state index in [9.17, 15) is 9.18 Å². The number of hydrogen-bond acceptors (Lipinski definition) is 1. The lowest BCUT2D eigenvalue weighted by molar-refractivity contribution is -0.158. The van der Waals surface area contributed by atoms with Crippen LogP contribution in [0.1, 0.15) is 63.0 Å². The second-order valence-corrected chi connectivity index (χ2v) is 8.88. The number of likely N-dealkylation sites (tertiary alicyclic amines) is 1. The van der Waals surface area contributed by atoms with Gasteiger partial charge in [0.25, 0.3) is 0 Å². The van der Waals surface area contributed by atoms with E-state index in [1.807, 2.05) is 17.0 Å². The van der Waals surface area contributed by atoms with Gasteiger partial charge in [-0.05, 0) is 75.2 Å². The average molecular weight is 327 g/mol. The fraction of sp³-hybridized carbons (Fsp3) is 0.667. The molecule has 128 valence electrons. The lowest BCUT2D eigenvalue weighted by atomic mass is 9.49. The van der Waals surface area contributed by atoms with Crippen LogP contribution in [-0.4, -0.2) is 17.4 Å². The zero-order valence-electron chi connectivity index (χ0n) is 14.2. The summed E-state index contributed by atoms with van der Waals surface area (Å²) >= 11 is 0. The van der Waals surface area contributed by atoms with Crippen LogP contribution in [0.25, 0.3) is 0 Å². The van der Waals surface area contributed by atoms with Gasteiger partial charge in [-0.1, -0.05) is 18.2 Å². The molecule has 0 spiro atoms. The monoisotopic (exact) mass is 327 g/mol. The van der Waals surface area contributed by atoms with E-state index in [0.29, 0.717) is 11.5 Å². The van der Waals surface area contributed by atoms with Crippen LogP contribution in [0.15, 0.2) is 24.3 Å². The Morgan fingerprint density at radius 3 is 2.29 bits per heavy atom. The molecule has 1 amide bonds. The van der Waals surface area contributed by atoms with Gasteiger partial charge in [-0.2, -0.15) is 0 Å². The van der Waals surface area contributed by atoms with Crippen molar-refractivity contribution in [3.63, 3.8) is 0 Å². The number of carbonyl (C=O) groups is 1. The van der Waals surface area contributed by atoms with Gasteiger partial charge in [0.2, 0.25) is 5.91 Å². The maximum absolute atomic E-state index is 14.3. The van der Waals surface area contributed by atoms with Crippen molar-refractivity contribution in [2.45, 2.75) is 57.4 Å². The van der Waals surface area contributed by atoms with Crippen molar-refractivity contribution in [2.24, 2.45) is 23.2 Å². The highest BCUT2D eigenvalue weighted by atomic mass is 19.1. The van der Waals surface area contributed by atoms with Crippen LogP contribution in [0, 0.1) is 29.0 Å². The van der Waals surface area contributed by atoms with Crippen LogP contribution >= 0.6 is 0 Å². The largest absolute Gasteiger partial charge is 0.335 e. The first-order chi connectivity index (χ1) is 11.6. The molecule has 5 fully saturated rings. The molecule has 1 saturated heterocycles. The molecule has 1 atom stereocenters. The molecular formula is C21H26FNO. The minimum atomic E-state index is -0.160. The lowest BCUT2D eigenvalue weighted by Crippen LogP contribution is -2.54. The van der Waals surface area contributed by atoms with Gasteiger partial charge in [-0.25, -0.2) is 4.39 Å². The normalized spacial score (nSPS) is 40.3. The summed E-state index contributed by atoms with van der Waals surface area (Å²) in [6, 6.07) is 6.97. The van der Waals surface area contributed by atoms with Crippen LogP contribution in [0.4, 0.5) is 4.39 Å². The van der Waals surface area contributed by atoms with Crippen LogP contribution in [-0.2, 0) is 4.79 Å². The predicted molar refractivity (Wildman–Crippen MR) is 90.7 cm³/mol. The van der Waals surface area contributed by atoms with E-state index in [4.69, 9.17) is 0 Å². The molecule has 1 aromatic rings. The maximum Gasteiger partial charge on any atom is 0.229 e. The van der Waals surface area contributed by atoms with Crippen LogP contribution in [0.3, 0.4) is 0 Å². The van der Waals surface area contributed by atoms with Gasteiger partial charge in [0.15, 0.2) is 0 Å². The van der Waals surface area contributed by atoms with Crippen molar-refractivity contribution in [1.29, 1.82) is 0 Å². The van der Waals surface area contributed by atoms with Gasteiger partial charge in [0.05, 0.1) is 11.5 Å². The number of benzene rings is 1. The van der Waals surface area contributed by atoms with Gasteiger partial charge in [0.1, 0.15) is 5.82 Å². The Morgan fingerprint density at radius 1 is 1.04 bits per heavy atom. The van der Waals surface area contributed by atoms with Crippen molar-refractivity contribution in [2.75, 3.05) is 6.54 Å². The first-order valence-corrected chi connectivity index (χ1v) is 9.70. The molecule has 1 aliphatic heterocycles. The highest BCUT2D eigenvalue weighted by Gasteiger charge is 2.56. The second kappa shape index (κ2) is 5.31. The van der Waals surface area contributed by atoms with E-state index < -0.39 is 0 Å². The summed E-state index contributed by atoms with van der Waals surface area (Å²) in [6.45, 7) is 0.805. The standard InChI is InChI=1S/C21H26FNO/c22-18-5-2-1-4-17(18)19-6-3-7-23(19)20(24)21-11-14-8-15(12-21)10-16(9-14)13-21/h1-2,4-5,14-16,19H,3,6-13H2/t14?,15?,16?,19-,21?/m0/s1. The Bertz CT molecular complexity index is 634. The zero-order chi connectivity index (χ0) is 16.3. The number of rotatable bonds is 2. The first kappa shape index (κ1) is 14.9. The third kappa shape index (κ3) is 2.16. The Morgan fingerprint density at radius 2 is 1.67 bits per heavy atom. The molecule has 0 N–H and O–H groups in total. The molecule has 4 bridgehead atoms. The van der Waals surface area contributed by atoms with Gasteiger partial charge < -0.3 is 4.90 Å². The highest BCUT2D eigenvalue weighted by molar-refractivity contribution is 5.84. The van der Waals surface area contributed by atoms with Crippen molar-refractivity contribution in [3.05, 3.63) is 35.6 Å². The van der Waals surface area contributed by atoms with Crippen molar-refractivity contribution in [3.8, 4) is 0 Å². The number of halogens is 1. The Kier molecular flexibility index (Phi) is 3.30. The Balaban J connectivity index is 1.45. The quantitative estimate of drug-likeness (QED) is 0.770. The molecule has 2 nitrogen and oxygen atoms in total. The first-order valence-electron chi connectivity index (χ1n) is 9.70. The molecule has 5 aliphatic rings. The van der Waals surface area contributed by atoms with E-state index in [0.717, 1.165) is 56.4 Å². The molecule has 3 heteroatoms. The molecule has 6 rings (SSSR count). The topological polar surface area (TPSA) is 20.3 Å². The average Bonchev–Trinajstić information content (AvgIpc) is 3.02. The number of amides is 1. The fourth-order valence-electron chi connectivity index (χ4n) is 6.76. The SMILES string of the molecule is O=C(N1CCC[C@H]1c1ccccc1F)C12CC3CC(CC(C3)C1)C2. The van der Waals surface area contributed by atoms with Crippen molar-refractivity contribution in [1.82, 2.24) is 4.90 Å². The van der Waals surface area contributed by atoms with Gasteiger partial charge >= 0.3 is 0 Å². The summed E-state index contributed by atoms with van der Waals surface area (Å²) in [7, 11) is 0. The number of nitrogens with zero attached hydrogens (tertiary/aromatic N) is 1. The summed E-state index contributed by atoms with van der Waals surface area (Å²) in [6.07, 6.45) is 9.24. The number of carbonyl (C=O) groups excluding carboxylic acids is 1. The van der Waals surface area contributed by atoms with Gasteiger partial charge in [-0.3, -0.25) is 4.79 Å². The van der Waals surface area contributed by atoms with Crippen molar-refractivity contribution >= 4 is 5.91 Å². The van der Waals surface area contributed by atoms with Gasteiger partial charge in [0, 0.05) is 12.1 Å². The van der Waals surface area contributed by atoms with Crippen molar-refractivity contribution < 1.29 is 9.18 Å². The minimum Gasteiger partial charge on any atom is -0.335 e. The molecule has 0 aromatic heterocycles. The number of hydrogen-bond donors (Lipinski definition) is 0. The van der Waals surface area contributed by atoms with Crippen LogP contribution < -0.4 is 0 Å². The molecule has 4 aliphatic carbocycles. The minimum absolute atomic E-state index is 0.0493. The van der Waals surface area contributed by atoms with E-state index in [1.54, 1.807) is 6.07 Å². The zero-order valence-corrected chi connectivity index (χ0v) is 14.2. The highest BCUT2D eigenvalue weighted by Crippen LogP contribution is 2.61. The maximum atomic E-state index is 14.3. The van der Waals surface area contributed by atoms with E-state index in [2.05, 4.69) is 0 Å². The Labute approximate surface area is 143 Å². The fourth-order valence-corrected chi connectivity index (χ4v) is 6.76. The van der Waals surface area contributed by atoms with E-state index in [-0.39, 0.29) is 17.3 Å². The lowest BCUT2D eigenvalue weighted by Gasteiger charge is -2.56. The summed E-state index contributed by atoms with van der Waals surface area (Å²) in [5.74, 6) is 2.51.